The molecular weight excluding hydrogens is 300 g/mol. The van der Waals surface area contributed by atoms with Crippen LogP contribution in [0, 0.1) is 40.4 Å². The summed E-state index contributed by atoms with van der Waals surface area (Å²) < 4.78 is 0. The van der Waals surface area contributed by atoms with Gasteiger partial charge in [-0.25, -0.2) is 0 Å². The van der Waals surface area contributed by atoms with E-state index in [1.54, 1.807) is 0 Å². The van der Waals surface area contributed by atoms with Gasteiger partial charge in [-0.2, -0.15) is 0 Å². The van der Waals surface area contributed by atoms with Crippen LogP contribution in [0.2, 0.25) is 0 Å². The number of aliphatic hydroxyl groups is 1. The van der Waals surface area contributed by atoms with Gasteiger partial charge in [-0.05, 0) is 54.4 Å². The van der Waals surface area contributed by atoms with Crippen molar-refractivity contribution < 1.29 is 9.90 Å². The van der Waals surface area contributed by atoms with Gasteiger partial charge in [0.15, 0.2) is 0 Å². The highest BCUT2D eigenvalue weighted by Crippen LogP contribution is 2.66. The zero-order valence-corrected chi connectivity index (χ0v) is 14.4. The number of allylic oxidation sites excluding steroid dienone is 1. The molecule has 4 nitrogen and oxygen atoms in total. The van der Waals surface area contributed by atoms with E-state index < -0.39 is 16.9 Å². The standard InChI is InChI=1S/C20H26N2O2/c1-11-3-5-14-13(11)7-21-9-20(14)17-16-12(2)4-6-15(16)19(10-23,8-22-17)18(20)24/h7-12,14-18,24H,3-6H2,1-2H3. The molecule has 0 aromatic heterocycles. The largest absolute Gasteiger partial charge is 0.391 e. The molecule has 3 aliphatic carbocycles. The molecule has 24 heavy (non-hydrogen) atoms. The van der Waals surface area contributed by atoms with Crippen molar-refractivity contribution in [2.75, 3.05) is 0 Å². The highest BCUT2D eigenvalue weighted by molar-refractivity contribution is 5.93. The Kier molecular flexibility index (Phi) is 2.91. The molecule has 1 spiro atoms. The number of aliphatic imine (C=N–C) groups is 2. The van der Waals surface area contributed by atoms with Crippen LogP contribution in [0.25, 0.3) is 0 Å². The number of carbonyl (C=O) groups excluding carboxylic acids is 1. The van der Waals surface area contributed by atoms with E-state index in [2.05, 4.69) is 18.8 Å². The number of hydrogen-bond donors (Lipinski definition) is 1. The van der Waals surface area contributed by atoms with Crippen molar-refractivity contribution in [1.29, 1.82) is 0 Å². The van der Waals surface area contributed by atoms with E-state index in [1.807, 2.05) is 18.6 Å². The monoisotopic (exact) mass is 326 g/mol. The molecule has 0 radical (unpaired) electrons. The second-order valence-corrected chi connectivity index (χ2v) is 8.92. The lowest BCUT2D eigenvalue weighted by Gasteiger charge is -2.62. The third kappa shape index (κ3) is 1.44. The van der Waals surface area contributed by atoms with Crippen LogP contribution in [-0.4, -0.2) is 36.0 Å². The van der Waals surface area contributed by atoms with Gasteiger partial charge in [-0.3, -0.25) is 9.98 Å². The Balaban J connectivity index is 1.71. The van der Waals surface area contributed by atoms with Gasteiger partial charge in [0, 0.05) is 18.6 Å². The van der Waals surface area contributed by atoms with Crippen molar-refractivity contribution in [2.45, 2.75) is 51.7 Å². The zero-order valence-electron chi connectivity index (χ0n) is 14.4. The molecular formula is C20H26N2O2. The van der Waals surface area contributed by atoms with Crippen LogP contribution < -0.4 is 0 Å². The van der Waals surface area contributed by atoms with E-state index in [4.69, 9.17) is 4.99 Å². The first kappa shape index (κ1) is 15.0. The fraction of sp³-hybridized carbons (Fsp3) is 0.750. The SMILES string of the molecule is CC1CCC2C1=CN=CC21C2N=CC(C=O)(C3CCC(C)C32)C1O. The Morgan fingerprint density at radius 1 is 1.21 bits per heavy atom. The first-order valence-corrected chi connectivity index (χ1v) is 9.49. The van der Waals surface area contributed by atoms with Gasteiger partial charge in [0.05, 0.1) is 23.0 Å². The third-order valence-corrected chi connectivity index (χ3v) is 8.17. The van der Waals surface area contributed by atoms with E-state index in [0.717, 1.165) is 32.0 Å². The van der Waals surface area contributed by atoms with E-state index in [0.29, 0.717) is 17.8 Å². The van der Waals surface area contributed by atoms with E-state index in [1.165, 1.54) is 5.57 Å². The third-order valence-electron chi connectivity index (χ3n) is 8.17. The lowest BCUT2D eigenvalue weighted by Crippen LogP contribution is -2.71. The van der Waals surface area contributed by atoms with Gasteiger partial charge in [-0.15, -0.1) is 0 Å². The topological polar surface area (TPSA) is 62.0 Å². The van der Waals surface area contributed by atoms with Crippen molar-refractivity contribution in [1.82, 2.24) is 0 Å². The highest BCUT2D eigenvalue weighted by atomic mass is 16.3. The number of hydrogen-bond acceptors (Lipinski definition) is 4. The summed E-state index contributed by atoms with van der Waals surface area (Å²) in [5, 5.41) is 11.6. The van der Waals surface area contributed by atoms with Crippen LogP contribution in [-0.2, 0) is 4.79 Å². The summed E-state index contributed by atoms with van der Waals surface area (Å²) in [4.78, 5) is 21.8. The minimum Gasteiger partial charge on any atom is -0.391 e. The Morgan fingerprint density at radius 3 is 2.83 bits per heavy atom. The Bertz CT molecular complexity index is 683. The lowest BCUT2D eigenvalue weighted by molar-refractivity contribution is -0.149. The fourth-order valence-electron chi connectivity index (χ4n) is 6.99. The summed E-state index contributed by atoms with van der Waals surface area (Å²) in [5.74, 6) is 2.00. The average molecular weight is 326 g/mol. The highest BCUT2D eigenvalue weighted by Gasteiger charge is 2.72. The summed E-state index contributed by atoms with van der Waals surface area (Å²) in [5.41, 5.74) is 0.0666. The molecule has 2 bridgehead atoms. The maximum absolute atomic E-state index is 12.3. The molecule has 3 fully saturated rings. The van der Waals surface area contributed by atoms with Crippen molar-refractivity contribution in [3.05, 3.63) is 11.8 Å². The summed E-state index contributed by atoms with van der Waals surface area (Å²) >= 11 is 0. The van der Waals surface area contributed by atoms with Crippen molar-refractivity contribution >= 4 is 18.7 Å². The van der Waals surface area contributed by atoms with Crippen LogP contribution in [0.3, 0.4) is 0 Å². The molecule has 0 saturated heterocycles. The van der Waals surface area contributed by atoms with Crippen molar-refractivity contribution in [3.63, 3.8) is 0 Å². The summed E-state index contributed by atoms with van der Waals surface area (Å²) in [6.45, 7) is 4.56. The molecule has 3 aliphatic heterocycles. The normalized spacial score (nSPS) is 57.1. The van der Waals surface area contributed by atoms with E-state index >= 15 is 0 Å². The van der Waals surface area contributed by atoms with Gasteiger partial charge in [0.1, 0.15) is 6.29 Å². The molecule has 9 atom stereocenters. The quantitative estimate of drug-likeness (QED) is 0.753. The average Bonchev–Trinajstić information content (AvgIpc) is 3.18. The van der Waals surface area contributed by atoms with Crippen molar-refractivity contribution in [3.8, 4) is 0 Å². The van der Waals surface area contributed by atoms with Gasteiger partial charge in [0.25, 0.3) is 0 Å². The van der Waals surface area contributed by atoms with E-state index in [9.17, 15) is 9.90 Å². The van der Waals surface area contributed by atoms with Crippen LogP contribution in [0.15, 0.2) is 21.8 Å². The first-order valence-electron chi connectivity index (χ1n) is 9.49. The molecule has 4 heteroatoms. The number of aliphatic hydroxyl groups excluding tert-OH is 1. The summed E-state index contributed by atoms with van der Waals surface area (Å²) in [6.07, 6.45) is 10.5. The zero-order chi connectivity index (χ0) is 16.7. The number of nitrogens with zero attached hydrogens (tertiary/aromatic N) is 2. The van der Waals surface area contributed by atoms with Gasteiger partial charge in [-0.1, -0.05) is 20.3 Å². The number of carbonyl (C=O) groups is 1. The molecule has 128 valence electrons. The molecule has 1 N–H and O–H groups in total. The van der Waals surface area contributed by atoms with Gasteiger partial charge < -0.3 is 9.90 Å². The van der Waals surface area contributed by atoms with E-state index in [-0.39, 0.29) is 17.9 Å². The maximum atomic E-state index is 12.3. The molecule has 3 saturated carbocycles. The number of rotatable bonds is 1. The minimum atomic E-state index is -0.815. The second-order valence-electron chi connectivity index (χ2n) is 8.92. The van der Waals surface area contributed by atoms with Crippen molar-refractivity contribution in [2.24, 2.45) is 50.4 Å². The van der Waals surface area contributed by atoms with Gasteiger partial charge in [0.2, 0.25) is 0 Å². The number of aldehydes is 1. The minimum absolute atomic E-state index is 0.0691. The molecule has 6 aliphatic rings. The fourth-order valence-corrected chi connectivity index (χ4v) is 6.99. The predicted octanol–water partition coefficient (Wildman–Crippen LogP) is 2.66. The Hall–Kier alpha value is -1.29. The molecule has 0 amide bonds. The Morgan fingerprint density at radius 2 is 2.04 bits per heavy atom. The molecule has 0 aromatic rings. The summed E-state index contributed by atoms with van der Waals surface area (Å²) in [6, 6.07) is 0.0691. The number of fused-ring (bicyclic) bond motifs is 1. The predicted molar refractivity (Wildman–Crippen MR) is 93.1 cm³/mol. The maximum Gasteiger partial charge on any atom is 0.134 e. The molecule has 6 rings (SSSR count). The molecule has 9 unspecified atom stereocenters. The van der Waals surface area contributed by atoms with Crippen LogP contribution in [0.1, 0.15) is 39.5 Å². The van der Waals surface area contributed by atoms with Crippen LogP contribution in [0.5, 0.6) is 0 Å². The van der Waals surface area contributed by atoms with Crippen LogP contribution >= 0.6 is 0 Å². The second kappa shape index (κ2) is 4.66. The summed E-state index contributed by atoms with van der Waals surface area (Å²) in [7, 11) is 0. The van der Waals surface area contributed by atoms with Crippen LogP contribution in [0.4, 0.5) is 0 Å². The Labute approximate surface area is 143 Å². The smallest absolute Gasteiger partial charge is 0.134 e. The lowest BCUT2D eigenvalue weighted by atomic mass is 9.45. The first-order chi connectivity index (χ1) is 11.6. The molecule has 3 heterocycles. The molecule has 0 aromatic carbocycles. The van der Waals surface area contributed by atoms with Gasteiger partial charge >= 0.3 is 0 Å².